The van der Waals surface area contributed by atoms with Crippen LogP contribution in [0.25, 0.3) is 0 Å². The predicted octanol–water partition coefficient (Wildman–Crippen LogP) is 8.05. The number of carbonyl (C=O) groups excluding carboxylic acids is 1. The number of hydrogen-bond acceptors (Lipinski definition) is 3. The molecule has 0 aliphatic heterocycles. The zero-order chi connectivity index (χ0) is 27.5. The minimum absolute atomic E-state index is 0.0458. The molecule has 2 aliphatic carbocycles. The van der Waals surface area contributed by atoms with Crippen molar-refractivity contribution in [3.63, 3.8) is 0 Å². The van der Waals surface area contributed by atoms with Gasteiger partial charge < -0.3 is 14.4 Å². The molecule has 0 bridgehead atoms. The number of nitrogens with zero attached hydrogens (tertiary/aromatic N) is 1. The van der Waals surface area contributed by atoms with E-state index in [0.717, 1.165) is 49.1 Å². The molecule has 2 aromatic carbocycles. The summed E-state index contributed by atoms with van der Waals surface area (Å²) in [5.41, 5.74) is 5.94. The molecule has 0 radical (unpaired) electrons. The number of amides is 1. The van der Waals surface area contributed by atoms with Gasteiger partial charge in [0, 0.05) is 19.3 Å². The third kappa shape index (κ3) is 7.48. The summed E-state index contributed by atoms with van der Waals surface area (Å²) in [6, 6.07) is 16.8. The Hall–Kier alpha value is -3.11. The van der Waals surface area contributed by atoms with Crippen molar-refractivity contribution in [1.82, 2.24) is 0 Å². The highest BCUT2D eigenvalue weighted by Crippen LogP contribution is 2.36. The van der Waals surface area contributed by atoms with E-state index < -0.39 is 0 Å². The Morgan fingerprint density at radius 3 is 2.29 bits per heavy atom. The summed E-state index contributed by atoms with van der Waals surface area (Å²) in [5, 5.41) is 0. The number of aryl methyl sites for hydroxylation is 1. The van der Waals surface area contributed by atoms with Gasteiger partial charge in [0.25, 0.3) is 0 Å². The van der Waals surface area contributed by atoms with Gasteiger partial charge in [-0.3, -0.25) is 4.79 Å². The van der Waals surface area contributed by atoms with E-state index in [4.69, 9.17) is 9.47 Å². The standard InChI is InChI=1S/C32H39NO3.C2H6/c1-23(2)25-12-15-27(16-13-25)33(22-6-7-24-10-17-28(35-3)18-11-24)32(34)31-9-5-8-26-14-19-29(36-4)20-21-30(26)31;1-2/h10-21,23,29,31H,5-9,22H2,1-4H3;1-2H3. The molecule has 38 heavy (non-hydrogen) atoms. The quantitative estimate of drug-likeness (QED) is 0.339. The van der Waals surface area contributed by atoms with Crippen LogP contribution in [0.3, 0.4) is 0 Å². The summed E-state index contributed by atoms with van der Waals surface area (Å²) >= 11 is 0. The van der Waals surface area contributed by atoms with Crippen LogP contribution in [0.2, 0.25) is 0 Å². The van der Waals surface area contributed by atoms with E-state index in [-0.39, 0.29) is 17.9 Å². The maximum atomic E-state index is 14.1. The van der Waals surface area contributed by atoms with Crippen molar-refractivity contribution < 1.29 is 14.3 Å². The first-order valence-corrected chi connectivity index (χ1v) is 14.2. The van der Waals surface area contributed by atoms with Gasteiger partial charge in [0.2, 0.25) is 5.91 Å². The monoisotopic (exact) mass is 515 g/mol. The Balaban J connectivity index is 0.00000195. The highest BCUT2D eigenvalue weighted by molar-refractivity contribution is 5.97. The molecule has 0 saturated carbocycles. The third-order valence-corrected chi connectivity index (χ3v) is 7.35. The van der Waals surface area contributed by atoms with Crippen molar-refractivity contribution in [3.8, 4) is 5.75 Å². The molecule has 0 heterocycles. The van der Waals surface area contributed by atoms with Crippen LogP contribution in [0.1, 0.15) is 70.4 Å². The lowest BCUT2D eigenvalue weighted by atomic mass is 9.81. The SMILES string of the molecule is CC.COc1ccc(CCCN(C(=O)C2CCCC3=C2C=CC(OC)C=C3)c2ccc(C(C)C)cc2)cc1. The average Bonchev–Trinajstić information content (AvgIpc) is 3.19. The summed E-state index contributed by atoms with van der Waals surface area (Å²) in [4.78, 5) is 16.2. The van der Waals surface area contributed by atoms with Crippen LogP contribution in [0.15, 0.2) is 84.0 Å². The zero-order valence-electron chi connectivity index (χ0n) is 24.1. The topological polar surface area (TPSA) is 38.8 Å². The first-order chi connectivity index (χ1) is 18.5. The molecule has 2 aromatic rings. The van der Waals surface area contributed by atoms with Crippen molar-refractivity contribution in [3.05, 3.63) is 95.1 Å². The van der Waals surface area contributed by atoms with Crippen LogP contribution in [0, 0.1) is 5.92 Å². The molecule has 1 amide bonds. The first-order valence-electron chi connectivity index (χ1n) is 14.2. The number of benzene rings is 2. The minimum atomic E-state index is -0.129. The molecule has 204 valence electrons. The number of carbonyl (C=O) groups is 1. The number of methoxy groups -OCH3 is 2. The molecule has 2 aliphatic rings. The lowest BCUT2D eigenvalue weighted by Crippen LogP contribution is -2.39. The van der Waals surface area contributed by atoms with Gasteiger partial charge in [0.1, 0.15) is 5.75 Å². The average molecular weight is 516 g/mol. The van der Waals surface area contributed by atoms with Gasteiger partial charge in [-0.05, 0) is 84.6 Å². The summed E-state index contributed by atoms with van der Waals surface area (Å²) in [5.74, 6) is 1.39. The molecule has 0 saturated heterocycles. The number of hydrogen-bond donors (Lipinski definition) is 0. The van der Waals surface area contributed by atoms with Crippen LogP contribution in [-0.4, -0.2) is 32.8 Å². The van der Waals surface area contributed by atoms with Crippen molar-refractivity contribution in [1.29, 1.82) is 0 Å². The Kier molecular flexibility index (Phi) is 11.4. The zero-order valence-corrected chi connectivity index (χ0v) is 24.1. The lowest BCUT2D eigenvalue weighted by Gasteiger charge is -2.31. The number of ether oxygens (including phenoxy) is 2. The lowest BCUT2D eigenvalue weighted by molar-refractivity contribution is -0.121. The van der Waals surface area contributed by atoms with E-state index in [9.17, 15) is 4.79 Å². The summed E-state index contributed by atoms with van der Waals surface area (Å²) in [6.45, 7) is 9.08. The Bertz CT molecular complexity index is 1110. The van der Waals surface area contributed by atoms with Gasteiger partial charge in [-0.2, -0.15) is 0 Å². The third-order valence-electron chi connectivity index (χ3n) is 7.35. The fourth-order valence-electron chi connectivity index (χ4n) is 5.14. The van der Waals surface area contributed by atoms with E-state index in [0.29, 0.717) is 12.5 Å². The Morgan fingerprint density at radius 2 is 1.66 bits per heavy atom. The fourth-order valence-corrected chi connectivity index (χ4v) is 5.14. The highest BCUT2D eigenvalue weighted by atomic mass is 16.5. The Labute approximate surface area is 230 Å². The van der Waals surface area contributed by atoms with Crippen LogP contribution >= 0.6 is 0 Å². The van der Waals surface area contributed by atoms with Crippen LogP contribution < -0.4 is 9.64 Å². The van der Waals surface area contributed by atoms with Gasteiger partial charge >= 0.3 is 0 Å². The second kappa shape index (κ2) is 14.7. The van der Waals surface area contributed by atoms with E-state index in [1.165, 1.54) is 16.7 Å². The largest absolute Gasteiger partial charge is 0.497 e. The fraction of sp³-hybridized carbons (Fsp3) is 0.441. The van der Waals surface area contributed by atoms with E-state index in [1.54, 1.807) is 14.2 Å². The second-order valence-corrected chi connectivity index (χ2v) is 10.0. The molecule has 0 N–H and O–H groups in total. The van der Waals surface area contributed by atoms with Crippen molar-refractivity contribution in [2.24, 2.45) is 5.92 Å². The van der Waals surface area contributed by atoms with Gasteiger partial charge in [0.15, 0.2) is 0 Å². The summed E-state index contributed by atoms with van der Waals surface area (Å²) < 4.78 is 10.8. The van der Waals surface area contributed by atoms with Crippen LogP contribution in [0.5, 0.6) is 5.75 Å². The van der Waals surface area contributed by atoms with E-state index in [1.807, 2.05) is 30.9 Å². The van der Waals surface area contributed by atoms with E-state index >= 15 is 0 Å². The van der Waals surface area contributed by atoms with Crippen LogP contribution in [0.4, 0.5) is 5.69 Å². The Morgan fingerprint density at radius 1 is 0.974 bits per heavy atom. The van der Waals surface area contributed by atoms with Gasteiger partial charge in [-0.25, -0.2) is 0 Å². The normalized spacial score (nSPS) is 18.4. The second-order valence-electron chi connectivity index (χ2n) is 10.0. The summed E-state index contributed by atoms with van der Waals surface area (Å²) in [6.07, 6.45) is 13.1. The van der Waals surface area contributed by atoms with Gasteiger partial charge in [0.05, 0.1) is 19.1 Å². The van der Waals surface area contributed by atoms with Crippen molar-refractivity contribution >= 4 is 11.6 Å². The smallest absolute Gasteiger partial charge is 0.234 e. The molecular formula is C34H45NO3. The van der Waals surface area contributed by atoms with Gasteiger partial charge in [-0.15, -0.1) is 0 Å². The van der Waals surface area contributed by atoms with Crippen molar-refractivity contribution in [2.75, 3.05) is 25.7 Å². The molecule has 2 unspecified atom stereocenters. The maximum Gasteiger partial charge on any atom is 0.234 e. The molecule has 0 aromatic heterocycles. The molecule has 2 atom stereocenters. The maximum absolute atomic E-state index is 14.1. The molecule has 4 nitrogen and oxygen atoms in total. The molecular weight excluding hydrogens is 470 g/mol. The number of anilines is 1. The minimum Gasteiger partial charge on any atom is -0.497 e. The highest BCUT2D eigenvalue weighted by Gasteiger charge is 2.31. The van der Waals surface area contributed by atoms with Gasteiger partial charge in [-0.1, -0.05) is 76.3 Å². The molecule has 4 heteroatoms. The number of rotatable bonds is 9. The van der Waals surface area contributed by atoms with Crippen molar-refractivity contribution in [2.45, 2.75) is 71.8 Å². The summed E-state index contributed by atoms with van der Waals surface area (Å²) in [7, 11) is 3.40. The first kappa shape index (κ1) is 29.4. The molecule has 4 rings (SSSR count). The van der Waals surface area contributed by atoms with E-state index in [2.05, 4.69) is 74.5 Å². The molecule has 0 fully saturated rings. The van der Waals surface area contributed by atoms with Crippen LogP contribution in [-0.2, 0) is 16.0 Å². The number of allylic oxidation sites excluding steroid dienone is 3. The predicted molar refractivity (Wildman–Crippen MR) is 159 cm³/mol. The molecule has 0 spiro atoms.